The molecular formula is C22H16FN5O3. The van der Waals surface area contributed by atoms with E-state index >= 15 is 0 Å². The Morgan fingerprint density at radius 3 is 2.19 bits per heavy atom. The van der Waals surface area contributed by atoms with Gasteiger partial charge in [-0.25, -0.2) is 14.2 Å². The Bertz CT molecular complexity index is 1320. The third kappa shape index (κ3) is 4.78. The zero-order valence-electron chi connectivity index (χ0n) is 16.1. The van der Waals surface area contributed by atoms with Crippen LogP contribution in [0.25, 0.3) is 22.5 Å². The van der Waals surface area contributed by atoms with E-state index in [4.69, 9.17) is 0 Å². The summed E-state index contributed by atoms with van der Waals surface area (Å²) in [7, 11) is 0. The van der Waals surface area contributed by atoms with E-state index in [0.29, 0.717) is 22.6 Å². The SMILES string of the molecule is O=C(Cn1nc(-c2ccc(F)cc2)ccc1=O)Nc1ccc(-c2ccc(=O)[nH]n2)cc1. The minimum absolute atomic E-state index is 0.281. The van der Waals surface area contributed by atoms with Gasteiger partial charge in [0.05, 0.1) is 11.4 Å². The molecule has 0 spiro atoms. The lowest BCUT2D eigenvalue weighted by atomic mass is 10.1. The molecule has 0 aliphatic heterocycles. The first-order valence-electron chi connectivity index (χ1n) is 9.28. The molecule has 0 fully saturated rings. The quantitative estimate of drug-likeness (QED) is 0.518. The molecule has 9 heteroatoms. The fourth-order valence-electron chi connectivity index (χ4n) is 2.90. The molecule has 2 N–H and O–H groups in total. The number of aromatic amines is 1. The summed E-state index contributed by atoms with van der Waals surface area (Å²) in [6, 6.07) is 18.4. The fraction of sp³-hybridized carbons (Fsp3) is 0.0455. The molecule has 0 atom stereocenters. The Labute approximate surface area is 175 Å². The predicted octanol–water partition coefficient (Wildman–Crippen LogP) is 2.44. The molecule has 0 saturated carbocycles. The van der Waals surface area contributed by atoms with Gasteiger partial charge in [0, 0.05) is 28.9 Å². The highest BCUT2D eigenvalue weighted by atomic mass is 19.1. The van der Waals surface area contributed by atoms with E-state index in [2.05, 4.69) is 20.6 Å². The highest BCUT2D eigenvalue weighted by Gasteiger charge is 2.09. The van der Waals surface area contributed by atoms with Crippen molar-refractivity contribution < 1.29 is 9.18 Å². The largest absolute Gasteiger partial charge is 0.324 e. The molecule has 4 aromatic rings. The third-order valence-electron chi connectivity index (χ3n) is 4.44. The standard InChI is InChI=1S/C22H16FN5O3/c23-16-5-1-15(2-6-16)19-10-12-22(31)28(27-19)13-21(30)24-17-7-3-14(4-8-17)18-9-11-20(29)26-25-18/h1-12H,13H2,(H,24,30)(H,26,29). The first-order valence-corrected chi connectivity index (χ1v) is 9.28. The van der Waals surface area contributed by atoms with E-state index in [-0.39, 0.29) is 17.9 Å². The maximum atomic E-state index is 13.1. The lowest BCUT2D eigenvalue weighted by molar-refractivity contribution is -0.117. The molecule has 2 heterocycles. The van der Waals surface area contributed by atoms with E-state index in [9.17, 15) is 18.8 Å². The van der Waals surface area contributed by atoms with Crippen molar-refractivity contribution in [1.82, 2.24) is 20.0 Å². The highest BCUT2D eigenvalue weighted by molar-refractivity contribution is 5.90. The zero-order valence-corrected chi connectivity index (χ0v) is 16.1. The second-order valence-corrected chi connectivity index (χ2v) is 6.65. The number of anilines is 1. The van der Waals surface area contributed by atoms with Crippen LogP contribution in [0.2, 0.25) is 0 Å². The summed E-state index contributed by atoms with van der Waals surface area (Å²) in [5, 5.41) is 13.2. The molecular weight excluding hydrogens is 401 g/mol. The third-order valence-corrected chi connectivity index (χ3v) is 4.44. The van der Waals surface area contributed by atoms with E-state index in [0.717, 1.165) is 10.2 Å². The average Bonchev–Trinajstić information content (AvgIpc) is 2.77. The van der Waals surface area contributed by atoms with E-state index in [1.54, 1.807) is 42.5 Å². The second kappa shape index (κ2) is 8.54. The van der Waals surface area contributed by atoms with Crippen molar-refractivity contribution in [3.8, 4) is 22.5 Å². The average molecular weight is 417 g/mol. The summed E-state index contributed by atoms with van der Waals surface area (Å²) in [5.41, 5.74) is 2.23. The van der Waals surface area contributed by atoms with Crippen LogP contribution >= 0.6 is 0 Å². The highest BCUT2D eigenvalue weighted by Crippen LogP contribution is 2.18. The normalized spacial score (nSPS) is 10.6. The minimum Gasteiger partial charge on any atom is -0.324 e. The van der Waals surface area contributed by atoms with Crippen LogP contribution in [0.3, 0.4) is 0 Å². The molecule has 0 aliphatic rings. The molecule has 0 bridgehead atoms. The molecule has 2 aromatic heterocycles. The number of halogens is 1. The number of hydrogen-bond donors (Lipinski definition) is 2. The Kier molecular flexibility index (Phi) is 5.48. The maximum Gasteiger partial charge on any atom is 0.267 e. The molecule has 0 unspecified atom stereocenters. The molecule has 0 aliphatic carbocycles. The van der Waals surface area contributed by atoms with Gasteiger partial charge in [-0.2, -0.15) is 10.2 Å². The summed E-state index contributed by atoms with van der Waals surface area (Å²) in [4.78, 5) is 35.6. The lowest BCUT2D eigenvalue weighted by Gasteiger charge is -2.09. The predicted molar refractivity (Wildman–Crippen MR) is 113 cm³/mol. The minimum atomic E-state index is -0.430. The molecule has 2 aromatic carbocycles. The Morgan fingerprint density at radius 1 is 0.871 bits per heavy atom. The number of nitrogens with zero attached hydrogens (tertiary/aromatic N) is 3. The number of nitrogens with one attached hydrogen (secondary N) is 2. The summed E-state index contributed by atoms with van der Waals surface area (Å²) in [5.74, 6) is -0.806. The number of H-pyrrole nitrogens is 1. The van der Waals surface area contributed by atoms with Crippen LogP contribution in [0.5, 0.6) is 0 Å². The van der Waals surface area contributed by atoms with Gasteiger partial charge in [-0.05, 0) is 48.5 Å². The van der Waals surface area contributed by atoms with Crippen LogP contribution < -0.4 is 16.4 Å². The Morgan fingerprint density at radius 2 is 1.52 bits per heavy atom. The summed E-state index contributed by atoms with van der Waals surface area (Å²) >= 11 is 0. The number of rotatable bonds is 5. The summed E-state index contributed by atoms with van der Waals surface area (Å²) in [6.45, 7) is -0.281. The van der Waals surface area contributed by atoms with Crippen molar-refractivity contribution in [2.45, 2.75) is 6.54 Å². The molecule has 4 rings (SSSR count). The van der Waals surface area contributed by atoms with Crippen molar-refractivity contribution in [2.75, 3.05) is 5.32 Å². The topological polar surface area (TPSA) is 110 Å². The fourth-order valence-corrected chi connectivity index (χ4v) is 2.90. The number of amides is 1. The van der Waals surface area contributed by atoms with Gasteiger partial charge >= 0.3 is 0 Å². The van der Waals surface area contributed by atoms with Gasteiger partial charge in [-0.1, -0.05) is 12.1 Å². The van der Waals surface area contributed by atoms with Gasteiger partial charge in [-0.15, -0.1) is 0 Å². The van der Waals surface area contributed by atoms with Crippen LogP contribution in [0.15, 0.2) is 82.4 Å². The van der Waals surface area contributed by atoms with E-state index in [1.165, 1.54) is 30.3 Å². The van der Waals surface area contributed by atoms with E-state index < -0.39 is 11.5 Å². The molecule has 154 valence electrons. The van der Waals surface area contributed by atoms with Crippen LogP contribution in [0, 0.1) is 5.82 Å². The lowest BCUT2D eigenvalue weighted by Crippen LogP contribution is -2.29. The molecule has 8 nitrogen and oxygen atoms in total. The van der Waals surface area contributed by atoms with Crippen molar-refractivity contribution in [1.29, 1.82) is 0 Å². The number of carbonyl (C=O) groups excluding carboxylic acids is 1. The van der Waals surface area contributed by atoms with Crippen LogP contribution in [0.4, 0.5) is 10.1 Å². The van der Waals surface area contributed by atoms with Crippen molar-refractivity contribution >= 4 is 11.6 Å². The molecule has 31 heavy (non-hydrogen) atoms. The van der Waals surface area contributed by atoms with Gasteiger partial charge in [0.2, 0.25) is 5.91 Å². The van der Waals surface area contributed by atoms with E-state index in [1.807, 2.05) is 0 Å². The number of carbonyl (C=O) groups is 1. The number of benzene rings is 2. The van der Waals surface area contributed by atoms with Crippen molar-refractivity contribution in [2.24, 2.45) is 0 Å². The van der Waals surface area contributed by atoms with Gasteiger partial charge < -0.3 is 5.32 Å². The van der Waals surface area contributed by atoms with Gasteiger partial charge in [-0.3, -0.25) is 14.4 Å². The maximum absolute atomic E-state index is 13.1. The van der Waals surface area contributed by atoms with Gasteiger partial charge in [0.25, 0.3) is 11.1 Å². The Balaban J connectivity index is 1.46. The zero-order chi connectivity index (χ0) is 21.8. The molecule has 0 saturated heterocycles. The first kappa shape index (κ1) is 19.9. The summed E-state index contributed by atoms with van der Waals surface area (Å²) in [6.07, 6.45) is 0. The van der Waals surface area contributed by atoms with Crippen LogP contribution in [0.1, 0.15) is 0 Å². The number of aromatic nitrogens is 4. The van der Waals surface area contributed by atoms with Gasteiger partial charge in [0.1, 0.15) is 12.4 Å². The Hall–Kier alpha value is -4.40. The molecule has 1 amide bonds. The van der Waals surface area contributed by atoms with Crippen molar-refractivity contribution in [3.05, 3.63) is 99.3 Å². The smallest absolute Gasteiger partial charge is 0.267 e. The van der Waals surface area contributed by atoms with Crippen molar-refractivity contribution in [3.63, 3.8) is 0 Å². The first-order chi connectivity index (χ1) is 15.0. The van der Waals surface area contributed by atoms with Crippen LogP contribution in [-0.2, 0) is 11.3 Å². The second-order valence-electron chi connectivity index (χ2n) is 6.65. The van der Waals surface area contributed by atoms with Gasteiger partial charge in [0.15, 0.2) is 0 Å². The molecule has 0 radical (unpaired) electrons. The monoisotopic (exact) mass is 417 g/mol. The number of hydrogen-bond acceptors (Lipinski definition) is 5. The summed E-state index contributed by atoms with van der Waals surface area (Å²) < 4.78 is 14.2. The van der Waals surface area contributed by atoms with Crippen LogP contribution in [-0.4, -0.2) is 25.9 Å².